The van der Waals surface area contributed by atoms with Crippen LogP contribution in [0.1, 0.15) is 29.8 Å². The Balaban J connectivity index is 1.67. The Labute approximate surface area is 104 Å². The molecule has 0 radical (unpaired) electrons. The fraction of sp³-hybridized carbons (Fsp3) is 0.583. The number of hydrogen-bond acceptors (Lipinski definition) is 4. The van der Waals surface area contributed by atoms with Gasteiger partial charge in [-0.25, -0.2) is 0 Å². The first-order valence-corrected chi connectivity index (χ1v) is 6.23. The van der Waals surface area contributed by atoms with Gasteiger partial charge in [0, 0.05) is 31.6 Å². The van der Waals surface area contributed by atoms with Crippen LogP contribution >= 0.6 is 0 Å². The summed E-state index contributed by atoms with van der Waals surface area (Å²) >= 11 is 0. The highest BCUT2D eigenvalue weighted by Gasteiger charge is 2.35. The Hall–Kier alpha value is -1.85. The topological polar surface area (TPSA) is 75.4 Å². The molecule has 2 atom stereocenters. The second-order valence-corrected chi connectivity index (χ2v) is 4.90. The molecule has 2 amide bonds. The maximum absolute atomic E-state index is 12.1. The van der Waals surface area contributed by atoms with Gasteiger partial charge in [-0.05, 0) is 18.8 Å². The van der Waals surface area contributed by atoms with Crippen molar-refractivity contribution < 1.29 is 14.1 Å². The maximum atomic E-state index is 12.1. The summed E-state index contributed by atoms with van der Waals surface area (Å²) < 4.78 is 4.69. The van der Waals surface area contributed by atoms with Crippen molar-refractivity contribution in [2.45, 2.75) is 25.3 Å². The molecule has 18 heavy (non-hydrogen) atoms. The number of carbonyl (C=O) groups excluding carboxylic acids is 2. The molecule has 1 aromatic heterocycles. The molecule has 0 aromatic carbocycles. The molecule has 3 rings (SSSR count). The predicted molar refractivity (Wildman–Crippen MR) is 61.7 cm³/mol. The van der Waals surface area contributed by atoms with Crippen molar-refractivity contribution in [2.24, 2.45) is 5.92 Å². The van der Waals surface area contributed by atoms with Crippen LogP contribution in [0.3, 0.4) is 0 Å². The molecule has 0 bridgehead atoms. The molecule has 2 unspecified atom stereocenters. The van der Waals surface area contributed by atoms with E-state index in [1.807, 2.05) is 0 Å². The van der Waals surface area contributed by atoms with Crippen molar-refractivity contribution >= 4 is 11.8 Å². The fourth-order valence-corrected chi connectivity index (χ4v) is 2.78. The summed E-state index contributed by atoms with van der Waals surface area (Å²) in [4.78, 5) is 25.2. The average Bonchev–Trinajstić information content (AvgIpc) is 2.91. The van der Waals surface area contributed by atoms with Gasteiger partial charge in [-0.2, -0.15) is 0 Å². The van der Waals surface area contributed by atoms with E-state index in [0.29, 0.717) is 31.1 Å². The normalized spacial score (nSPS) is 27.6. The summed E-state index contributed by atoms with van der Waals surface area (Å²) in [7, 11) is 0. The van der Waals surface area contributed by atoms with E-state index >= 15 is 0 Å². The first-order valence-electron chi connectivity index (χ1n) is 6.23. The SMILES string of the molecule is O=C1CCC2CN(C(=O)c3ccon3)CCC2N1. The molecule has 0 saturated carbocycles. The smallest absolute Gasteiger partial charge is 0.276 e. The Kier molecular flexibility index (Phi) is 2.77. The number of aromatic nitrogens is 1. The third kappa shape index (κ3) is 1.98. The minimum atomic E-state index is -0.0842. The summed E-state index contributed by atoms with van der Waals surface area (Å²) in [6.07, 6.45) is 3.65. The lowest BCUT2D eigenvalue weighted by molar-refractivity contribution is -0.125. The number of nitrogens with zero attached hydrogens (tertiary/aromatic N) is 2. The Bertz CT molecular complexity index is 457. The summed E-state index contributed by atoms with van der Waals surface area (Å²) in [6, 6.07) is 1.81. The molecule has 0 aliphatic carbocycles. The van der Waals surface area contributed by atoms with Crippen LogP contribution in [0.2, 0.25) is 0 Å². The number of fused-ring (bicyclic) bond motifs is 1. The number of piperidine rings is 2. The molecule has 0 spiro atoms. The van der Waals surface area contributed by atoms with Crippen molar-refractivity contribution in [2.75, 3.05) is 13.1 Å². The van der Waals surface area contributed by atoms with E-state index < -0.39 is 0 Å². The van der Waals surface area contributed by atoms with Gasteiger partial charge < -0.3 is 14.7 Å². The average molecular weight is 249 g/mol. The molecule has 1 aromatic rings. The van der Waals surface area contributed by atoms with Gasteiger partial charge >= 0.3 is 0 Å². The van der Waals surface area contributed by atoms with Crippen LogP contribution < -0.4 is 5.32 Å². The van der Waals surface area contributed by atoms with Crippen LogP contribution in [0.25, 0.3) is 0 Å². The largest absolute Gasteiger partial charge is 0.364 e. The Morgan fingerprint density at radius 2 is 2.39 bits per heavy atom. The van der Waals surface area contributed by atoms with Gasteiger partial charge in [0.2, 0.25) is 5.91 Å². The molecule has 2 fully saturated rings. The lowest BCUT2D eigenvalue weighted by Gasteiger charge is -2.41. The number of carbonyl (C=O) groups is 2. The summed E-state index contributed by atoms with van der Waals surface area (Å²) in [6.45, 7) is 1.35. The zero-order valence-corrected chi connectivity index (χ0v) is 9.96. The van der Waals surface area contributed by atoms with E-state index in [0.717, 1.165) is 12.8 Å². The lowest BCUT2D eigenvalue weighted by Crippen LogP contribution is -2.55. The van der Waals surface area contributed by atoms with E-state index in [-0.39, 0.29) is 17.9 Å². The van der Waals surface area contributed by atoms with E-state index in [2.05, 4.69) is 10.5 Å². The number of hydrogen-bond donors (Lipinski definition) is 1. The van der Waals surface area contributed by atoms with Gasteiger partial charge in [-0.1, -0.05) is 5.16 Å². The van der Waals surface area contributed by atoms with Gasteiger partial charge in [0.15, 0.2) is 5.69 Å². The van der Waals surface area contributed by atoms with Gasteiger partial charge in [-0.15, -0.1) is 0 Å². The van der Waals surface area contributed by atoms with E-state index in [4.69, 9.17) is 4.52 Å². The minimum Gasteiger partial charge on any atom is -0.364 e. The van der Waals surface area contributed by atoms with Gasteiger partial charge in [0.1, 0.15) is 6.26 Å². The highest BCUT2D eigenvalue weighted by molar-refractivity contribution is 5.92. The first kappa shape index (κ1) is 11.3. The van der Waals surface area contributed by atoms with Crippen LogP contribution in [0.5, 0.6) is 0 Å². The molecule has 3 heterocycles. The quantitative estimate of drug-likeness (QED) is 0.782. The van der Waals surface area contributed by atoms with Crippen molar-refractivity contribution in [3.05, 3.63) is 18.0 Å². The van der Waals surface area contributed by atoms with Crippen LogP contribution in [0.4, 0.5) is 0 Å². The van der Waals surface area contributed by atoms with Crippen LogP contribution in [-0.4, -0.2) is 41.0 Å². The third-order valence-corrected chi connectivity index (χ3v) is 3.77. The minimum absolute atomic E-state index is 0.0842. The second-order valence-electron chi connectivity index (χ2n) is 4.90. The van der Waals surface area contributed by atoms with E-state index in [9.17, 15) is 9.59 Å². The molecule has 2 aliphatic rings. The molecule has 6 nitrogen and oxygen atoms in total. The van der Waals surface area contributed by atoms with Crippen LogP contribution in [-0.2, 0) is 4.79 Å². The van der Waals surface area contributed by atoms with E-state index in [1.165, 1.54) is 6.26 Å². The van der Waals surface area contributed by atoms with Crippen molar-refractivity contribution in [3.8, 4) is 0 Å². The van der Waals surface area contributed by atoms with Gasteiger partial charge in [0.25, 0.3) is 5.91 Å². The molecule has 2 saturated heterocycles. The number of rotatable bonds is 1. The number of amides is 2. The standard InChI is InChI=1S/C12H15N3O3/c16-11-2-1-8-7-15(5-3-9(8)13-11)12(17)10-4-6-18-14-10/h4,6,8-9H,1-3,5,7H2,(H,13,16). The van der Waals surface area contributed by atoms with Crippen molar-refractivity contribution in [1.82, 2.24) is 15.4 Å². The Morgan fingerprint density at radius 1 is 1.50 bits per heavy atom. The van der Waals surface area contributed by atoms with Crippen molar-refractivity contribution in [3.63, 3.8) is 0 Å². The highest BCUT2D eigenvalue weighted by atomic mass is 16.5. The van der Waals surface area contributed by atoms with E-state index in [1.54, 1.807) is 11.0 Å². The zero-order chi connectivity index (χ0) is 12.5. The monoisotopic (exact) mass is 249 g/mol. The predicted octanol–water partition coefficient (Wildman–Crippen LogP) is 0.415. The van der Waals surface area contributed by atoms with Crippen molar-refractivity contribution in [1.29, 1.82) is 0 Å². The summed E-state index contributed by atoms with van der Waals surface area (Å²) in [5.41, 5.74) is 0.355. The molecule has 2 aliphatic heterocycles. The van der Waals surface area contributed by atoms with Gasteiger partial charge in [-0.3, -0.25) is 9.59 Å². The zero-order valence-electron chi connectivity index (χ0n) is 9.96. The molecule has 96 valence electrons. The molecular weight excluding hydrogens is 234 g/mol. The van der Waals surface area contributed by atoms with Crippen LogP contribution in [0, 0.1) is 5.92 Å². The number of nitrogens with one attached hydrogen (secondary N) is 1. The van der Waals surface area contributed by atoms with Crippen LogP contribution in [0.15, 0.2) is 16.9 Å². The lowest BCUT2D eigenvalue weighted by atomic mass is 9.85. The fourth-order valence-electron chi connectivity index (χ4n) is 2.78. The maximum Gasteiger partial charge on any atom is 0.276 e. The summed E-state index contributed by atoms with van der Waals surface area (Å²) in [5, 5.41) is 6.67. The first-order chi connectivity index (χ1) is 8.74. The van der Waals surface area contributed by atoms with Gasteiger partial charge in [0.05, 0.1) is 0 Å². The highest BCUT2D eigenvalue weighted by Crippen LogP contribution is 2.26. The number of likely N-dealkylation sites (tertiary alicyclic amines) is 1. The second kappa shape index (κ2) is 4.44. The molecule has 1 N–H and O–H groups in total. The Morgan fingerprint density at radius 3 is 3.17 bits per heavy atom. The summed E-state index contributed by atoms with van der Waals surface area (Å²) in [5.74, 6) is 0.416. The third-order valence-electron chi connectivity index (χ3n) is 3.77. The molecule has 6 heteroatoms. The molecular formula is C12H15N3O3.